The molecule has 0 aliphatic rings. The van der Waals surface area contributed by atoms with Crippen LogP contribution in [0.3, 0.4) is 0 Å². The van der Waals surface area contributed by atoms with Crippen molar-refractivity contribution >= 4 is 46.9 Å². The van der Waals surface area contributed by atoms with Gasteiger partial charge in [-0.1, -0.05) is 0 Å². The third kappa shape index (κ3) is 9.73. The molecule has 2 atom stereocenters. The van der Waals surface area contributed by atoms with Crippen molar-refractivity contribution in [3.8, 4) is 0 Å². The Labute approximate surface area is 162 Å². The largest absolute Gasteiger partial charge is 0.461 e. The van der Waals surface area contributed by atoms with Crippen molar-refractivity contribution in [2.24, 2.45) is 10.2 Å². The van der Waals surface area contributed by atoms with Crippen LogP contribution in [0, 0.1) is 0 Å². The fraction of sp³-hybridized carbons (Fsp3) is 0.625. The zero-order chi connectivity index (χ0) is 21.0. The second-order valence-corrected chi connectivity index (χ2v) is 6.89. The van der Waals surface area contributed by atoms with Gasteiger partial charge >= 0.3 is 11.9 Å². The molecule has 2 amide bonds. The van der Waals surface area contributed by atoms with E-state index in [1.807, 2.05) is 0 Å². The van der Waals surface area contributed by atoms with Gasteiger partial charge in [0.05, 0.1) is 23.7 Å². The molecule has 152 valence electrons. The Hall–Kier alpha value is -2.43. The molecule has 10 nitrogen and oxygen atoms in total. The number of carbonyl (C=O) groups is 4. The summed E-state index contributed by atoms with van der Waals surface area (Å²) in [6.45, 7) is 9.73. The van der Waals surface area contributed by atoms with Crippen molar-refractivity contribution in [3.05, 3.63) is 0 Å². The topological polar surface area (TPSA) is 136 Å². The number of esters is 2. The van der Waals surface area contributed by atoms with E-state index >= 15 is 0 Å². The molecule has 0 radical (unpaired) electrons. The molecular weight excluding hydrogens is 376 g/mol. The maximum atomic E-state index is 12.0. The third-order valence-corrected chi connectivity index (χ3v) is 4.20. The number of carbonyl (C=O) groups excluding carboxylic acids is 4. The molecule has 0 aromatic rings. The van der Waals surface area contributed by atoms with Crippen LogP contribution in [0.5, 0.6) is 0 Å². The van der Waals surface area contributed by atoms with Gasteiger partial charge in [-0.25, -0.2) is 20.4 Å². The Morgan fingerprint density at radius 1 is 0.815 bits per heavy atom. The van der Waals surface area contributed by atoms with E-state index in [0.29, 0.717) is 0 Å². The van der Waals surface area contributed by atoms with Crippen molar-refractivity contribution < 1.29 is 28.7 Å². The zero-order valence-electron chi connectivity index (χ0n) is 16.3. The lowest BCUT2D eigenvalue weighted by molar-refractivity contribution is -0.136. The fourth-order valence-electron chi connectivity index (χ4n) is 1.45. The molecule has 0 saturated carbocycles. The van der Waals surface area contributed by atoms with Gasteiger partial charge in [-0.3, -0.25) is 9.59 Å². The first-order valence-electron chi connectivity index (χ1n) is 8.31. The van der Waals surface area contributed by atoms with Gasteiger partial charge < -0.3 is 9.47 Å². The highest BCUT2D eigenvalue weighted by Gasteiger charge is 2.22. The van der Waals surface area contributed by atoms with Gasteiger partial charge in [-0.2, -0.15) is 10.2 Å². The Kier molecular flexibility index (Phi) is 11.7. The number of hydrogen-bond acceptors (Lipinski definition) is 9. The van der Waals surface area contributed by atoms with E-state index < -0.39 is 34.3 Å². The van der Waals surface area contributed by atoms with Crippen LogP contribution in [0.1, 0.15) is 41.5 Å². The molecule has 0 aliphatic carbocycles. The summed E-state index contributed by atoms with van der Waals surface area (Å²) in [5.74, 6) is -2.20. The summed E-state index contributed by atoms with van der Waals surface area (Å²) < 4.78 is 9.49. The van der Waals surface area contributed by atoms with Crippen LogP contribution >= 0.6 is 11.8 Å². The van der Waals surface area contributed by atoms with Crippen molar-refractivity contribution in [3.63, 3.8) is 0 Å². The smallest absolute Gasteiger partial charge is 0.354 e. The van der Waals surface area contributed by atoms with Gasteiger partial charge in [-0.05, 0) is 41.5 Å². The Morgan fingerprint density at radius 3 is 1.44 bits per heavy atom. The minimum atomic E-state index is -0.625. The molecule has 0 aromatic carbocycles. The van der Waals surface area contributed by atoms with Crippen molar-refractivity contribution in [1.82, 2.24) is 10.9 Å². The summed E-state index contributed by atoms with van der Waals surface area (Å²) in [7, 11) is 0. The summed E-state index contributed by atoms with van der Waals surface area (Å²) in [5, 5.41) is 6.08. The number of hydrazone groups is 2. The van der Waals surface area contributed by atoms with Crippen LogP contribution in [0.2, 0.25) is 0 Å². The van der Waals surface area contributed by atoms with Crippen molar-refractivity contribution in [2.45, 2.75) is 52.0 Å². The molecule has 11 heteroatoms. The van der Waals surface area contributed by atoms with Gasteiger partial charge in [0.1, 0.15) is 11.4 Å². The van der Waals surface area contributed by atoms with Gasteiger partial charge in [-0.15, -0.1) is 11.8 Å². The van der Waals surface area contributed by atoms with Crippen LogP contribution in [-0.4, -0.2) is 58.9 Å². The monoisotopic (exact) mass is 402 g/mol. The standard InChI is InChI=1S/C16H26N4O6S/c1-7-25-15(23)9(3)17-19-13(21)11(5)27-12(6)14(22)20-18-10(4)16(24)26-8-2/h11-12H,7-8H2,1-6H3,(H,19,21)(H,20,22). The van der Waals surface area contributed by atoms with Crippen LogP contribution in [0.15, 0.2) is 10.2 Å². The zero-order valence-corrected chi connectivity index (χ0v) is 17.1. The molecule has 27 heavy (non-hydrogen) atoms. The highest BCUT2D eigenvalue weighted by Crippen LogP contribution is 2.17. The van der Waals surface area contributed by atoms with E-state index in [9.17, 15) is 19.2 Å². The fourth-order valence-corrected chi connectivity index (χ4v) is 2.42. The first-order chi connectivity index (χ1) is 12.6. The molecule has 0 aliphatic heterocycles. The lowest BCUT2D eigenvalue weighted by Crippen LogP contribution is -2.34. The predicted octanol–water partition coefficient (Wildman–Crippen LogP) is 0.607. The lowest BCUT2D eigenvalue weighted by Gasteiger charge is -2.14. The van der Waals surface area contributed by atoms with E-state index in [2.05, 4.69) is 21.1 Å². The lowest BCUT2D eigenvalue weighted by atomic mass is 10.4. The molecule has 2 unspecified atom stereocenters. The molecule has 0 heterocycles. The van der Waals surface area contributed by atoms with Gasteiger partial charge in [0, 0.05) is 0 Å². The van der Waals surface area contributed by atoms with Crippen molar-refractivity contribution in [2.75, 3.05) is 13.2 Å². The number of ether oxygens (including phenoxy) is 2. The van der Waals surface area contributed by atoms with E-state index in [-0.39, 0.29) is 24.6 Å². The Balaban J connectivity index is 4.56. The molecule has 0 saturated heterocycles. The summed E-state index contributed by atoms with van der Waals surface area (Å²) >= 11 is 1.06. The van der Waals surface area contributed by atoms with E-state index in [4.69, 9.17) is 9.47 Å². The maximum absolute atomic E-state index is 12.0. The van der Waals surface area contributed by atoms with Crippen molar-refractivity contribution in [1.29, 1.82) is 0 Å². The quantitative estimate of drug-likeness (QED) is 0.310. The molecule has 2 N–H and O–H groups in total. The van der Waals surface area contributed by atoms with E-state index in [0.717, 1.165) is 11.8 Å². The molecular formula is C16H26N4O6S. The predicted molar refractivity (Wildman–Crippen MR) is 102 cm³/mol. The summed E-state index contributed by atoms with van der Waals surface area (Å²) in [6.07, 6.45) is 0. The number of hydrogen-bond donors (Lipinski definition) is 2. The molecule has 0 spiro atoms. The Bertz CT molecular complexity index is 568. The normalized spacial score (nSPS) is 14.0. The minimum absolute atomic E-state index is 0.0111. The van der Waals surface area contributed by atoms with E-state index in [1.165, 1.54) is 13.8 Å². The van der Waals surface area contributed by atoms with Gasteiger partial charge in [0.2, 0.25) is 0 Å². The average molecular weight is 402 g/mol. The SMILES string of the molecule is CCOC(=O)C(C)=NNC(=O)C(C)SC(C)C(=O)NN=C(C)C(=O)OCC. The van der Waals surface area contributed by atoms with Crippen LogP contribution in [-0.2, 0) is 28.7 Å². The van der Waals surface area contributed by atoms with Gasteiger partial charge in [0.25, 0.3) is 11.8 Å². The van der Waals surface area contributed by atoms with E-state index in [1.54, 1.807) is 27.7 Å². The first kappa shape index (κ1) is 24.6. The minimum Gasteiger partial charge on any atom is -0.461 e. The third-order valence-electron chi connectivity index (χ3n) is 2.96. The summed E-state index contributed by atoms with van der Waals surface area (Å²) in [4.78, 5) is 46.8. The number of rotatable bonds is 10. The molecule has 0 rings (SSSR count). The Morgan fingerprint density at radius 2 is 1.15 bits per heavy atom. The highest BCUT2D eigenvalue weighted by atomic mass is 32.2. The second-order valence-electron chi connectivity index (χ2n) is 5.21. The highest BCUT2D eigenvalue weighted by molar-refractivity contribution is 8.01. The molecule has 0 fully saturated rings. The van der Waals surface area contributed by atoms with Crippen LogP contribution in [0.4, 0.5) is 0 Å². The average Bonchev–Trinajstić information content (AvgIpc) is 2.63. The van der Waals surface area contributed by atoms with Gasteiger partial charge in [0.15, 0.2) is 0 Å². The summed E-state index contributed by atoms with van der Waals surface area (Å²) in [5.41, 5.74) is 4.53. The number of thioether (sulfide) groups is 1. The number of nitrogens with one attached hydrogen (secondary N) is 2. The summed E-state index contributed by atoms with van der Waals surface area (Å²) in [6, 6.07) is 0. The van der Waals surface area contributed by atoms with Crippen LogP contribution in [0.25, 0.3) is 0 Å². The van der Waals surface area contributed by atoms with Crippen LogP contribution < -0.4 is 10.9 Å². The molecule has 0 aromatic heterocycles. The first-order valence-corrected chi connectivity index (χ1v) is 9.26. The number of amides is 2. The molecule has 0 bridgehead atoms. The number of nitrogens with zero attached hydrogens (tertiary/aromatic N) is 2. The maximum Gasteiger partial charge on any atom is 0.354 e. The second kappa shape index (κ2) is 12.8.